The molecule has 434 valence electrons. The first kappa shape index (κ1) is 61.0. The van der Waals surface area contributed by atoms with Crippen LogP contribution in [-0.4, -0.2) is 110 Å². The molecule has 30 heteroatoms. The Labute approximate surface area is 492 Å². The van der Waals surface area contributed by atoms with Gasteiger partial charge in [-0.2, -0.15) is 51.1 Å². The van der Waals surface area contributed by atoms with Gasteiger partial charge in [-0.05, 0) is 112 Å². The predicted octanol–water partition coefficient (Wildman–Crippen LogP) is 12.8. The molecule has 25 nitrogen and oxygen atoms in total. The molecular formula is C53H57N15O10S5. The number of azo groups is 2. The topological polar surface area (TPSA) is 338 Å². The van der Waals surface area contributed by atoms with Gasteiger partial charge < -0.3 is 39.4 Å². The smallest absolute Gasteiger partial charge is 0.298 e. The van der Waals surface area contributed by atoms with Gasteiger partial charge in [-0.1, -0.05) is 31.0 Å². The third-order valence-corrected chi connectivity index (χ3v) is 17.6. The molecule has 3 aromatic heterocycles. The van der Waals surface area contributed by atoms with Crippen molar-refractivity contribution in [2.24, 2.45) is 20.5 Å². The van der Waals surface area contributed by atoms with Crippen LogP contribution in [0.4, 0.5) is 56.0 Å². The van der Waals surface area contributed by atoms with Crippen LogP contribution < -0.4 is 39.4 Å². The first-order valence-corrected chi connectivity index (χ1v) is 31.1. The summed E-state index contributed by atoms with van der Waals surface area (Å²) >= 11 is 3.25. The summed E-state index contributed by atoms with van der Waals surface area (Å²) in [5, 5.41) is 46.8. The molecule has 0 bridgehead atoms. The van der Waals surface area contributed by atoms with Crippen molar-refractivity contribution in [1.29, 1.82) is 10.5 Å². The van der Waals surface area contributed by atoms with Gasteiger partial charge in [0.15, 0.2) is 15.2 Å². The molecule has 0 spiro atoms. The number of benzene rings is 4. The minimum Gasteiger partial charge on any atom is -0.495 e. The zero-order chi connectivity index (χ0) is 59.6. The van der Waals surface area contributed by atoms with E-state index in [0.717, 1.165) is 67.3 Å². The largest absolute Gasteiger partial charge is 0.495 e. The van der Waals surface area contributed by atoms with E-state index in [9.17, 15) is 36.5 Å². The lowest BCUT2D eigenvalue weighted by atomic mass is 10.0. The van der Waals surface area contributed by atoms with E-state index in [1.807, 2.05) is 39.8 Å². The Morgan fingerprint density at radius 3 is 1.37 bits per heavy atom. The standard InChI is InChI=1S/C53H57N15O10S5/c1-9-67(10-2)39-24-35(37(26-43(39)77-7)61-63-49-33(28-54)47(65-80-49)30-18-20-41(75-5)45(22-30)82(69,70)71)56-51-58-52(60-53(59-51)79-32-16-14-13-15-17-32)57-36-25-40(68(11-3)12-4)44(78-8)27-38(36)62-64-50-34(29-55)48(66-81-50)31-19-21-42(76-6)46(23-31)83(72,73)74/h18-27,32H,9-17H2,1-8H3,(H,69,70,71)(H,72,73,74)(H2,56,57,58,59,60)/b63-61+,64-62+. The number of anilines is 6. The molecule has 0 saturated heterocycles. The predicted molar refractivity (Wildman–Crippen MR) is 318 cm³/mol. The van der Waals surface area contributed by atoms with E-state index in [0.29, 0.717) is 65.6 Å². The number of nitrogens with one attached hydrogen (secondary N) is 2. The van der Waals surface area contributed by atoms with E-state index >= 15 is 0 Å². The summed E-state index contributed by atoms with van der Waals surface area (Å²) in [5.41, 5.74) is 3.36. The normalized spacial score (nSPS) is 13.0. The Bertz CT molecular complexity index is 3670. The molecule has 4 N–H and O–H groups in total. The van der Waals surface area contributed by atoms with Crippen molar-refractivity contribution in [3.8, 4) is 57.7 Å². The molecule has 0 unspecified atom stereocenters. The molecule has 1 aliphatic carbocycles. The fourth-order valence-corrected chi connectivity index (χ4v) is 12.9. The Hall–Kier alpha value is -8.10. The van der Waals surface area contributed by atoms with Gasteiger partial charge in [-0.3, -0.25) is 9.11 Å². The summed E-state index contributed by atoms with van der Waals surface area (Å²) in [6.45, 7) is 10.5. The van der Waals surface area contributed by atoms with Crippen molar-refractivity contribution in [3.05, 3.63) is 71.8 Å². The van der Waals surface area contributed by atoms with Crippen LogP contribution in [0.2, 0.25) is 0 Å². The van der Waals surface area contributed by atoms with Crippen molar-refractivity contribution in [2.75, 3.05) is 75.1 Å². The van der Waals surface area contributed by atoms with Gasteiger partial charge in [0.25, 0.3) is 20.2 Å². The Kier molecular flexibility index (Phi) is 19.7. The fraction of sp³-hybridized carbons (Fsp3) is 0.340. The Morgan fingerprint density at radius 1 is 0.602 bits per heavy atom. The van der Waals surface area contributed by atoms with Gasteiger partial charge in [-0.15, -0.1) is 20.5 Å². The summed E-state index contributed by atoms with van der Waals surface area (Å²) in [5.74, 6) is 0.975. The molecule has 1 saturated carbocycles. The zero-order valence-electron chi connectivity index (χ0n) is 46.2. The third-order valence-electron chi connectivity index (χ3n) is 13.2. The monoisotopic (exact) mass is 1220 g/mol. The molecule has 1 aliphatic rings. The van der Waals surface area contributed by atoms with Crippen LogP contribution in [-0.2, 0) is 20.2 Å². The fourth-order valence-electron chi connectivity index (χ4n) is 9.07. The molecule has 4 aromatic carbocycles. The summed E-state index contributed by atoms with van der Waals surface area (Å²) < 4.78 is 100.0. The highest BCUT2D eigenvalue weighted by Crippen LogP contribution is 2.45. The highest BCUT2D eigenvalue weighted by atomic mass is 32.2. The van der Waals surface area contributed by atoms with E-state index in [1.165, 1.54) is 64.5 Å². The van der Waals surface area contributed by atoms with E-state index < -0.39 is 30.0 Å². The molecule has 0 atom stereocenters. The molecule has 3 heterocycles. The van der Waals surface area contributed by atoms with E-state index in [2.05, 4.69) is 61.8 Å². The number of methoxy groups -OCH3 is 4. The lowest BCUT2D eigenvalue weighted by molar-refractivity contribution is 0.397. The third kappa shape index (κ3) is 13.9. The maximum atomic E-state index is 12.3. The van der Waals surface area contributed by atoms with Gasteiger partial charge in [0.2, 0.25) is 11.9 Å². The quantitative estimate of drug-likeness (QED) is 0.0322. The maximum Gasteiger partial charge on any atom is 0.298 e. The number of nitrogens with zero attached hydrogens (tertiary/aromatic N) is 13. The second-order valence-corrected chi connectivity index (χ2v) is 23.6. The number of aromatic nitrogens is 5. The maximum absolute atomic E-state index is 12.3. The van der Waals surface area contributed by atoms with Crippen LogP contribution in [0.25, 0.3) is 22.5 Å². The lowest BCUT2D eigenvalue weighted by Crippen LogP contribution is -2.22. The lowest BCUT2D eigenvalue weighted by Gasteiger charge is -2.25. The molecule has 83 heavy (non-hydrogen) atoms. The van der Waals surface area contributed by atoms with Crippen molar-refractivity contribution in [2.45, 2.75) is 80.0 Å². The molecular weight excluding hydrogens is 1170 g/mol. The van der Waals surface area contributed by atoms with Crippen LogP contribution in [0.5, 0.6) is 23.0 Å². The van der Waals surface area contributed by atoms with Crippen LogP contribution in [0, 0.1) is 22.7 Å². The minimum absolute atomic E-state index is 0.00155. The number of ether oxygens (including phenoxy) is 4. The summed E-state index contributed by atoms with van der Waals surface area (Å²) in [6.07, 6.45) is 5.17. The first-order chi connectivity index (χ1) is 39.9. The Balaban J connectivity index is 1.23. The molecule has 0 aliphatic heterocycles. The number of hydrogen-bond donors (Lipinski definition) is 4. The van der Waals surface area contributed by atoms with Gasteiger partial charge in [0, 0.05) is 54.7 Å². The molecule has 0 amide bonds. The number of thioether (sulfide) groups is 1. The second kappa shape index (κ2) is 26.9. The average Bonchev–Trinajstić information content (AvgIpc) is 4.22. The van der Waals surface area contributed by atoms with Crippen molar-refractivity contribution in [3.63, 3.8) is 0 Å². The molecule has 0 radical (unpaired) electrons. The number of hydrogen-bond acceptors (Lipinski definition) is 26. The van der Waals surface area contributed by atoms with Gasteiger partial charge in [0.05, 0.1) is 51.2 Å². The number of nitriles is 2. The summed E-state index contributed by atoms with van der Waals surface area (Å²) in [4.78, 5) is 18.0. The van der Waals surface area contributed by atoms with E-state index in [4.69, 9.17) is 33.9 Å². The first-order valence-electron chi connectivity index (χ1n) is 25.8. The number of rotatable bonds is 24. The van der Waals surface area contributed by atoms with Gasteiger partial charge in [0.1, 0.15) is 78.8 Å². The van der Waals surface area contributed by atoms with Crippen molar-refractivity contribution in [1.82, 2.24) is 23.7 Å². The van der Waals surface area contributed by atoms with Crippen molar-refractivity contribution < 1.29 is 44.9 Å². The van der Waals surface area contributed by atoms with Crippen LogP contribution in [0.3, 0.4) is 0 Å². The van der Waals surface area contributed by atoms with Crippen LogP contribution in [0.15, 0.2) is 96.1 Å². The molecule has 1 fully saturated rings. The minimum atomic E-state index is -4.71. The summed E-state index contributed by atoms with van der Waals surface area (Å²) in [6, 6.07) is 19.3. The van der Waals surface area contributed by atoms with Crippen molar-refractivity contribution >= 4 is 111 Å². The SMILES string of the molecule is CCN(CC)c1cc(Nc2nc(Nc3cc(N(CC)CC)c(OC)cc3/N=N/c3snc(-c4ccc(OC)c(S(=O)(=O)O)c4)c3C#N)nc(SC3CCCCC3)n2)c(/N=N/c2snc(-c3ccc(OC)c(S(=O)(=O)O)c3)c2C#N)cc1OC. The zero-order valence-corrected chi connectivity index (χ0v) is 50.3. The van der Waals surface area contributed by atoms with Crippen LogP contribution >= 0.6 is 34.8 Å². The molecule has 8 rings (SSSR count). The highest BCUT2D eigenvalue weighted by Gasteiger charge is 2.26. The van der Waals surface area contributed by atoms with Gasteiger partial charge in [-0.25, -0.2) is 0 Å². The summed E-state index contributed by atoms with van der Waals surface area (Å²) in [7, 11) is -3.83. The highest BCUT2D eigenvalue weighted by molar-refractivity contribution is 7.99. The Morgan fingerprint density at radius 2 is 1.01 bits per heavy atom. The van der Waals surface area contributed by atoms with E-state index in [-0.39, 0.29) is 83.7 Å². The van der Waals surface area contributed by atoms with Crippen LogP contribution in [0.1, 0.15) is 70.9 Å². The second-order valence-electron chi connectivity index (χ2n) is 18.0. The van der Waals surface area contributed by atoms with E-state index in [1.54, 1.807) is 12.1 Å². The average molecular weight is 1220 g/mol. The molecule has 7 aromatic rings. The van der Waals surface area contributed by atoms with Gasteiger partial charge >= 0.3 is 0 Å².